The lowest BCUT2D eigenvalue weighted by Crippen LogP contribution is -2.44. The second kappa shape index (κ2) is 6.12. The highest BCUT2D eigenvalue weighted by Gasteiger charge is 2.64. The molecule has 2 amide bonds. The molecule has 0 saturated carbocycles. The lowest BCUT2D eigenvalue weighted by atomic mass is 9.83. The summed E-state index contributed by atoms with van der Waals surface area (Å²) in [6.07, 6.45) is 1.71. The standard InChI is InChI=1S/C22H19N3O3/c1-2-24-21(27)16-17(22(24)28)19(20(26)13-8-4-3-5-9-13)25-18(16)15-11-7-6-10-14(15)12-23-25/h3-12,16-19H,2H2,1H3/t16-,17+,18+,19-/m0/s1. The molecule has 0 unspecified atom stereocenters. The van der Waals surface area contributed by atoms with Crippen molar-refractivity contribution in [2.75, 3.05) is 6.54 Å². The molecule has 140 valence electrons. The average molecular weight is 373 g/mol. The number of likely N-dealkylation sites (tertiary alicyclic amines) is 1. The molecule has 2 saturated heterocycles. The number of hydrogen-bond donors (Lipinski definition) is 0. The molecule has 6 heteroatoms. The Balaban J connectivity index is 1.67. The summed E-state index contributed by atoms with van der Waals surface area (Å²) < 4.78 is 0. The lowest BCUT2D eigenvalue weighted by Gasteiger charge is -2.33. The van der Waals surface area contributed by atoms with Crippen LogP contribution in [0.1, 0.15) is 34.5 Å². The summed E-state index contributed by atoms with van der Waals surface area (Å²) in [6.45, 7) is 2.10. The van der Waals surface area contributed by atoms with Crippen molar-refractivity contribution < 1.29 is 14.4 Å². The Morgan fingerprint density at radius 3 is 2.39 bits per heavy atom. The van der Waals surface area contributed by atoms with E-state index in [9.17, 15) is 14.4 Å². The highest BCUT2D eigenvalue weighted by Crippen LogP contribution is 2.52. The molecule has 4 atom stereocenters. The number of carbonyl (C=O) groups is 3. The minimum Gasteiger partial charge on any atom is -0.292 e. The van der Waals surface area contributed by atoms with E-state index in [-0.39, 0.29) is 17.6 Å². The van der Waals surface area contributed by atoms with Crippen molar-refractivity contribution in [1.29, 1.82) is 0 Å². The van der Waals surface area contributed by atoms with Crippen LogP contribution in [0.15, 0.2) is 59.7 Å². The molecule has 5 rings (SSSR count). The Kier molecular flexibility index (Phi) is 3.69. The van der Waals surface area contributed by atoms with E-state index < -0.39 is 23.9 Å². The van der Waals surface area contributed by atoms with Gasteiger partial charge < -0.3 is 0 Å². The zero-order valence-corrected chi connectivity index (χ0v) is 15.4. The number of Topliss-reactive ketones (excluding diaryl/α,β-unsaturated/α-hetero) is 1. The van der Waals surface area contributed by atoms with Crippen molar-refractivity contribution in [2.45, 2.75) is 19.0 Å². The summed E-state index contributed by atoms with van der Waals surface area (Å²) in [4.78, 5) is 40.9. The van der Waals surface area contributed by atoms with Crippen LogP contribution in [-0.4, -0.2) is 46.3 Å². The third kappa shape index (κ3) is 2.14. The van der Waals surface area contributed by atoms with E-state index in [1.807, 2.05) is 30.3 Å². The first-order valence-electron chi connectivity index (χ1n) is 9.49. The maximum atomic E-state index is 13.4. The Bertz CT molecular complexity index is 1020. The Morgan fingerprint density at radius 2 is 1.64 bits per heavy atom. The molecule has 2 aromatic carbocycles. The molecule has 2 fully saturated rings. The van der Waals surface area contributed by atoms with Crippen molar-refractivity contribution >= 4 is 23.8 Å². The largest absolute Gasteiger partial charge is 0.292 e. The van der Waals surface area contributed by atoms with E-state index in [1.165, 1.54) is 4.90 Å². The predicted molar refractivity (Wildman–Crippen MR) is 103 cm³/mol. The molecule has 0 aliphatic carbocycles. The van der Waals surface area contributed by atoms with Crippen LogP contribution in [-0.2, 0) is 9.59 Å². The summed E-state index contributed by atoms with van der Waals surface area (Å²) in [5.41, 5.74) is 2.39. The zero-order valence-electron chi connectivity index (χ0n) is 15.4. The smallest absolute Gasteiger partial charge is 0.235 e. The number of hydrazone groups is 1. The monoisotopic (exact) mass is 373 g/mol. The number of benzene rings is 2. The van der Waals surface area contributed by atoms with Crippen molar-refractivity contribution in [3.8, 4) is 0 Å². The van der Waals surface area contributed by atoms with Gasteiger partial charge in [0.15, 0.2) is 5.78 Å². The Labute approximate surface area is 162 Å². The summed E-state index contributed by atoms with van der Waals surface area (Å²) in [5, 5.41) is 6.22. The SMILES string of the molecule is CCN1C(=O)[C@@H]2[C@H](C1=O)[C@H]1c3ccccc3C=NN1[C@@H]2C(=O)c1ccccc1. The van der Waals surface area contributed by atoms with Gasteiger partial charge in [0.1, 0.15) is 6.04 Å². The van der Waals surface area contributed by atoms with Gasteiger partial charge >= 0.3 is 0 Å². The molecule has 0 spiro atoms. The van der Waals surface area contributed by atoms with Gasteiger partial charge in [0.05, 0.1) is 24.1 Å². The number of hydrogen-bond acceptors (Lipinski definition) is 5. The van der Waals surface area contributed by atoms with Crippen LogP contribution >= 0.6 is 0 Å². The summed E-state index contributed by atoms with van der Waals surface area (Å²) >= 11 is 0. The van der Waals surface area contributed by atoms with Crippen LogP contribution in [0.4, 0.5) is 0 Å². The highest BCUT2D eigenvalue weighted by molar-refractivity contribution is 6.12. The van der Waals surface area contributed by atoms with Crippen LogP contribution < -0.4 is 0 Å². The minimum absolute atomic E-state index is 0.172. The van der Waals surface area contributed by atoms with Gasteiger partial charge in [-0.1, -0.05) is 54.6 Å². The highest BCUT2D eigenvalue weighted by atomic mass is 16.2. The number of rotatable bonds is 3. The van der Waals surface area contributed by atoms with Crippen LogP contribution in [0.5, 0.6) is 0 Å². The van der Waals surface area contributed by atoms with Crippen LogP contribution in [0.25, 0.3) is 0 Å². The summed E-state index contributed by atoms with van der Waals surface area (Å²) in [6, 6.07) is 15.5. The fourth-order valence-corrected chi connectivity index (χ4v) is 4.82. The molecular weight excluding hydrogens is 354 g/mol. The molecule has 3 aliphatic rings. The second-order valence-electron chi connectivity index (χ2n) is 7.35. The topological polar surface area (TPSA) is 70.1 Å². The Hall–Kier alpha value is -3.28. The normalized spacial score (nSPS) is 27.6. The molecule has 3 heterocycles. The Morgan fingerprint density at radius 1 is 0.964 bits per heavy atom. The first kappa shape index (κ1) is 16.9. The first-order valence-corrected chi connectivity index (χ1v) is 9.49. The third-order valence-electron chi connectivity index (χ3n) is 6.03. The van der Waals surface area contributed by atoms with Crippen LogP contribution in [0.2, 0.25) is 0 Å². The molecule has 3 aliphatic heterocycles. The average Bonchev–Trinajstić information content (AvgIpc) is 3.21. The van der Waals surface area contributed by atoms with Gasteiger partial charge in [0.2, 0.25) is 11.8 Å². The number of ketones is 1. The third-order valence-corrected chi connectivity index (χ3v) is 6.03. The molecule has 28 heavy (non-hydrogen) atoms. The van der Waals surface area contributed by atoms with Gasteiger partial charge in [-0.2, -0.15) is 5.10 Å². The van der Waals surface area contributed by atoms with Gasteiger partial charge in [0, 0.05) is 12.1 Å². The molecule has 0 aromatic heterocycles. The van der Waals surface area contributed by atoms with Crippen LogP contribution in [0.3, 0.4) is 0 Å². The van der Waals surface area contributed by atoms with Gasteiger partial charge in [-0.15, -0.1) is 0 Å². The van der Waals surface area contributed by atoms with E-state index in [1.54, 1.807) is 42.4 Å². The zero-order chi connectivity index (χ0) is 19.4. The number of amides is 2. The molecule has 2 aromatic rings. The van der Waals surface area contributed by atoms with Gasteiger partial charge in [-0.3, -0.25) is 24.3 Å². The predicted octanol–water partition coefficient (Wildman–Crippen LogP) is 2.26. The maximum Gasteiger partial charge on any atom is 0.235 e. The lowest BCUT2D eigenvalue weighted by molar-refractivity contribution is -0.141. The van der Waals surface area contributed by atoms with Crippen molar-refractivity contribution in [3.63, 3.8) is 0 Å². The minimum atomic E-state index is -0.782. The van der Waals surface area contributed by atoms with Gasteiger partial charge in [-0.05, 0) is 18.1 Å². The molecule has 0 N–H and O–H groups in total. The van der Waals surface area contributed by atoms with E-state index >= 15 is 0 Å². The summed E-state index contributed by atoms with van der Waals surface area (Å²) in [7, 11) is 0. The van der Waals surface area contributed by atoms with E-state index in [4.69, 9.17) is 0 Å². The second-order valence-corrected chi connectivity index (χ2v) is 7.35. The van der Waals surface area contributed by atoms with E-state index in [2.05, 4.69) is 5.10 Å². The van der Waals surface area contributed by atoms with Crippen LogP contribution in [0, 0.1) is 11.8 Å². The summed E-state index contributed by atoms with van der Waals surface area (Å²) in [5.74, 6) is -1.96. The maximum absolute atomic E-state index is 13.4. The number of fused-ring (bicyclic) bond motifs is 5. The number of imide groups is 1. The van der Waals surface area contributed by atoms with Crippen molar-refractivity contribution in [1.82, 2.24) is 9.91 Å². The van der Waals surface area contributed by atoms with Crippen molar-refractivity contribution in [3.05, 3.63) is 71.3 Å². The quantitative estimate of drug-likeness (QED) is 0.611. The number of nitrogens with zero attached hydrogens (tertiary/aromatic N) is 3. The molecular formula is C22H19N3O3. The van der Waals surface area contributed by atoms with Gasteiger partial charge in [-0.25, -0.2) is 0 Å². The van der Waals surface area contributed by atoms with E-state index in [0.717, 1.165) is 11.1 Å². The number of carbonyl (C=O) groups excluding carboxylic acids is 3. The molecule has 6 nitrogen and oxygen atoms in total. The molecule has 0 radical (unpaired) electrons. The van der Waals surface area contributed by atoms with E-state index in [0.29, 0.717) is 12.1 Å². The van der Waals surface area contributed by atoms with Gasteiger partial charge in [0.25, 0.3) is 0 Å². The van der Waals surface area contributed by atoms with Crippen molar-refractivity contribution in [2.24, 2.45) is 16.9 Å². The first-order chi connectivity index (χ1) is 13.6. The molecule has 0 bridgehead atoms. The fourth-order valence-electron chi connectivity index (χ4n) is 4.82. The fraction of sp³-hybridized carbons (Fsp3) is 0.273.